The topological polar surface area (TPSA) is 69.7 Å². The van der Waals surface area contributed by atoms with Crippen LogP contribution in [0.4, 0.5) is 5.69 Å². The van der Waals surface area contributed by atoms with Crippen molar-refractivity contribution in [2.45, 2.75) is 31.7 Å². The summed E-state index contributed by atoms with van der Waals surface area (Å²) in [6, 6.07) is 16.0. The molecule has 0 radical (unpaired) electrons. The van der Waals surface area contributed by atoms with Crippen LogP contribution >= 0.6 is 0 Å². The second-order valence-electron chi connectivity index (χ2n) is 7.80. The molecule has 0 aliphatic carbocycles. The van der Waals surface area contributed by atoms with E-state index >= 15 is 0 Å². The third-order valence-corrected chi connectivity index (χ3v) is 6.72. The highest BCUT2D eigenvalue weighted by Crippen LogP contribution is 2.18. The summed E-state index contributed by atoms with van der Waals surface area (Å²) in [4.78, 5) is 17.3. The highest BCUT2D eigenvalue weighted by atomic mass is 32.2. The van der Waals surface area contributed by atoms with Crippen molar-refractivity contribution in [1.82, 2.24) is 9.62 Å². The molecular formula is C22H29N3O3S. The molecule has 1 fully saturated rings. The van der Waals surface area contributed by atoms with Crippen LogP contribution < -0.4 is 9.62 Å². The maximum Gasteiger partial charge on any atom is 0.241 e. The Morgan fingerprint density at radius 2 is 1.52 bits per heavy atom. The van der Waals surface area contributed by atoms with Gasteiger partial charge in [0.05, 0.1) is 4.90 Å². The summed E-state index contributed by atoms with van der Waals surface area (Å²) in [7, 11) is -3.77. The summed E-state index contributed by atoms with van der Waals surface area (Å²) in [6.07, 6.45) is 0. The maximum absolute atomic E-state index is 13.1. The molecule has 0 aromatic heterocycles. The van der Waals surface area contributed by atoms with E-state index in [1.54, 1.807) is 29.2 Å². The third kappa shape index (κ3) is 5.16. The number of anilines is 1. The molecule has 3 rings (SSSR count). The maximum atomic E-state index is 13.1. The molecular weight excluding hydrogens is 386 g/mol. The molecule has 0 spiro atoms. The first-order valence-corrected chi connectivity index (χ1v) is 11.4. The highest BCUT2D eigenvalue weighted by molar-refractivity contribution is 7.89. The van der Waals surface area contributed by atoms with Gasteiger partial charge in [-0.1, -0.05) is 49.7 Å². The van der Waals surface area contributed by atoms with E-state index in [9.17, 15) is 13.2 Å². The van der Waals surface area contributed by atoms with Crippen LogP contribution in [0.25, 0.3) is 0 Å². The quantitative estimate of drug-likeness (QED) is 0.788. The van der Waals surface area contributed by atoms with E-state index in [2.05, 4.69) is 21.8 Å². The van der Waals surface area contributed by atoms with Gasteiger partial charge in [-0.05, 0) is 37.1 Å². The van der Waals surface area contributed by atoms with Crippen molar-refractivity contribution < 1.29 is 13.2 Å². The van der Waals surface area contributed by atoms with Gasteiger partial charge in [0, 0.05) is 31.9 Å². The molecule has 29 heavy (non-hydrogen) atoms. The van der Waals surface area contributed by atoms with Crippen LogP contribution in [0, 0.1) is 12.8 Å². The Kier molecular flexibility index (Phi) is 6.59. The van der Waals surface area contributed by atoms with Gasteiger partial charge >= 0.3 is 0 Å². The SMILES string of the molecule is Cc1ccc(S(=O)(=O)N[C@@H](C(=O)N2CCN(c3ccccc3)CC2)C(C)C)cc1. The number of hydrogen-bond donors (Lipinski definition) is 1. The number of carbonyl (C=O) groups is 1. The summed E-state index contributed by atoms with van der Waals surface area (Å²) in [5.74, 6) is -0.321. The minimum absolute atomic E-state index is 0.158. The van der Waals surface area contributed by atoms with Crippen LogP contribution in [0.15, 0.2) is 59.5 Å². The van der Waals surface area contributed by atoms with E-state index in [0.29, 0.717) is 13.1 Å². The molecule has 0 saturated carbocycles. The molecule has 156 valence electrons. The number of nitrogens with one attached hydrogen (secondary N) is 1. The van der Waals surface area contributed by atoms with Crippen LogP contribution in [0.5, 0.6) is 0 Å². The summed E-state index contributed by atoms with van der Waals surface area (Å²) in [6.45, 7) is 8.23. The zero-order chi connectivity index (χ0) is 21.0. The lowest BCUT2D eigenvalue weighted by atomic mass is 10.0. The summed E-state index contributed by atoms with van der Waals surface area (Å²) in [5, 5.41) is 0. The summed E-state index contributed by atoms with van der Waals surface area (Å²) >= 11 is 0. The predicted molar refractivity (Wildman–Crippen MR) is 115 cm³/mol. The van der Waals surface area contributed by atoms with Crippen molar-refractivity contribution in [2.24, 2.45) is 5.92 Å². The molecule has 2 aromatic rings. The first kappa shape index (κ1) is 21.3. The number of hydrogen-bond acceptors (Lipinski definition) is 4. The van der Waals surface area contributed by atoms with Gasteiger partial charge in [0.2, 0.25) is 15.9 Å². The Bertz CT molecular complexity index is 920. The predicted octanol–water partition coefficient (Wildman–Crippen LogP) is 2.65. The fourth-order valence-electron chi connectivity index (χ4n) is 3.44. The van der Waals surface area contributed by atoms with Gasteiger partial charge in [0.15, 0.2) is 0 Å². The summed E-state index contributed by atoms with van der Waals surface area (Å²) in [5.41, 5.74) is 2.12. The van der Waals surface area contributed by atoms with Gasteiger partial charge in [0.25, 0.3) is 0 Å². The van der Waals surface area contributed by atoms with Gasteiger partial charge in [-0.15, -0.1) is 0 Å². The first-order chi connectivity index (χ1) is 13.8. The van der Waals surface area contributed by atoms with Crippen molar-refractivity contribution in [3.63, 3.8) is 0 Å². The van der Waals surface area contributed by atoms with Crippen molar-refractivity contribution in [1.29, 1.82) is 0 Å². The van der Waals surface area contributed by atoms with Crippen LogP contribution in [0.3, 0.4) is 0 Å². The first-order valence-electron chi connectivity index (χ1n) is 9.96. The van der Waals surface area contributed by atoms with Crippen LogP contribution in [-0.4, -0.2) is 51.4 Å². The molecule has 1 aliphatic rings. The Labute approximate surface area is 173 Å². The lowest BCUT2D eigenvalue weighted by Crippen LogP contribution is -2.56. The molecule has 1 heterocycles. The van der Waals surface area contributed by atoms with Gasteiger partial charge in [-0.25, -0.2) is 8.42 Å². The van der Waals surface area contributed by atoms with E-state index in [1.165, 1.54) is 0 Å². The second kappa shape index (κ2) is 8.97. The van der Waals surface area contributed by atoms with E-state index in [0.717, 1.165) is 24.3 Å². The Balaban J connectivity index is 1.68. The minimum atomic E-state index is -3.77. The lowest BCUT2D eigenvalue weighted by Gasteiger charge is -2.38. The summed E-state index contributed by atoms with van der Waals surface area (Å²) < 4.78 is 28.2. The smallest absolute Gasteiger partial charge is 0.241 e. The van der Waals surface area contributed by atoms with Crippen molar-refractivity contribution in [2.75, 3.05) is 31.1 Å². The van der Waals surface area contributed by atoms with Crippen molar-refractivity contribution in [3.05, 3.63) is 60.2 Å². The molecule has 0 bridgehead atoms. The number of nitrogens with zero attached hydrogens (tertiary/aromatic N) is 2. The zero-order valence-corrected chi connectivity index (χ0v) is 18.0. The van der Waals surface area contributed by atoms with Crippen LogP contribution in [0.1, 0.15) is 19.4 Å². The van der Waals surface area contributed by atoms with Crippen LogP contribution in [0.2, 0.25) is 0 Å². The Hall–Kier alpha value is -2.38. The van der Waals surface area contributed by atoms with Gasteiger partial charge in [-0.3, -0.25) is 4.79 Å². The zero-order valence-electron chi connectivity index (χ0n) is 17.2. The molecule has 1 amide bonds. The highest BCUT2D eigenvalue weighted by Gasteiger charge is 2.33. The van der Waals surface area contributed by atoms with Gasteiger partial charge in [-0.2, -0.15) is 4.72 Å². The molecule has 1 saturated heterocycles. The fraction of sp³-hybridized carbons (Fsp3) is 0.409. The van der Waals surface area contributed by atoms with E-state index in [4.69, 9.17) is 0 Å². The standard InChI is InChI=1S/C22H29N3O3S/c1-17(2)21(23-29(27,28)20-11-9-18(3)10-12-20)22(26)25-15-13-24(14-16-25)19-7-5-4-6-8-19/h4-12,17,21,23H,13-16H2,1-3H3/t21-/m1/s1. The van der Waals surface area contributed by atoms with Crippen molar-refractivity contribution >= 4 is 21.6 Å². The normalized spacial score (nSPS) is 16.1. The molecule has 7 heteroatoms. The number of sulfonamides is 1. The number of piperazine rings is 1. The van der Waals surface area contributed by atoms with Crippen molar-refractivity contribution in [3.8, 4) is 0 Å². The average molecular weight is 416 g/mol. The fourth-order valence-corrected chi connectivity index (χ4v) is 4.78. The third-order valence-electron chi connectivity index (χ3n) is 5.26. The second-order valence-corrected chi connectivity index (χ2v) is 9.52. The number of aryl methyl sites for hydroxylation is 1. The number of amides is 1. The molecule has 2 aromatic carbocycles. The average Bonchev–Trinajstić information content (AvgIpc) is 2.72. The van der Waals surface area contributed by atoms with E-state index < -0.39 is 16.1 Å². The van der Waals surface area contributed by atoms with Gasteiger partial charge in [0.1, 0.15) is 6.04 Å². The van der Waals surface area contributed by atoms with Gasteiger partial charge < -0.3 is 9.80 Å². The van der Waals surface area contributed by atoms with Crippen LogP contribution in [-0.2, 0) is 14.8 Å². The number of carbonyl (C=O) groups excluding carboxylic acids is 1. The number of benzene rings is 2. The van der Waals surface area contributed by atoms with E-state index in [1.807, 2.05) is 39.0 Å². The minimum Gasteiger partial charge on any atom is -0.368 e. The lowest BCUT2D eigenvalue weighted by molar-refractivity contribution is -0.134. The molecule has 6 nitrogen and oxygen atoms in total. The molecule has 0 unspecified atom stereocenters. The number of para-hydroxylation sites is 1. The Morgan fingerprint density at radius 1 is 0.931 bits per heavy atom. The Morgan fingerprint density at radius 3 is 2.07 bits per heavy atom. The number of rotatable bonds is 6. The molecule has 1 atom stereocenters. The monoisotopic (exact) mass is 415 g/mol. The van der Waals surface area contributed by atoms with E-state index in [-0.39, 0.29) is 16.7 Å². The largest absolute Gasteiger partial charge is 0.368 e. The molecule has 1 aliphatic heterocycles. The molecule has 1 N–H and O–H groups in total.